The second-order valence-corrected chi connectivity index (χ2v) is 1.99. The number of amides is 2. The zero-order valence-corrected chi connectivity index (χ0v) is 6.27. The Hall–Kier alpha value is -1.91. The van der Waals surface area contributed by atoms with Gasteiger partial charge in [0.1, 0.15) is 0 Å². The molecule has 0 atom stereocenters. The molecule has 62 valence electrons. The molecule has 1 rings (SSSR count). The number of hydrazone groups is 1. The van der Waals surface area contributed by atoms with E-state index in [1.54, 1.807) is 18.3 Å². The average molecular weight is 164 g/mol. The van der Waals surface area contributed by atoms with Crippen LogP contribution in [0.3, 0.4) is 0 Å². The number of primary amides is 1. The predicted molar refractivity (Wildman–Crippen MR) is 44.6 cm³/mol. The SMILES string of the molecule is NC(=O)N/N=C/c1ccccn1. The molecule has 5 heteroatoms. The number of nitrogens with zero attached hydrogens (tertiary/aromatic N) is 2. The van der Waals surface area contributed by atoms with Crippen molar-refractivity contribution in [1.82, 2.24) is 10.4 Å². The average Bonchev–Trinajstić information content (AvgIpc) is 2.05. The van der Waals surface area contributed by atoms with Crippen LogP contribution in [0.4, 0.5) is 4.79 Å². The first kappa shape index (κ1) is 8.19. The molecule has 0 unspecified atom stereocenters. The number of hydrogen-bond acceptors (Lipinski definition) is 3. The van der Waals surface area contributed by atoms with Crippen molar-refractivity contribution in [3.8, 4) is 0 Å². The molecule has 3 N–H and O–H groups in total. The quantitative estimate of drug-likeness (QED) is 0.479. The molecule has 0 aliphatic rings. The minimum absolute atomic E-state index is 0.659. The Morgan fingerprint density at radius 3 is 3.08 bits per heavy atom. The van der Waals surface area contributed by atoms with E-state index in [0.717, 1.165) is 0 Å². The van der Waals surface area contributed by atoms with Gasteiger partial charge in [0.25, 0.3) is 0 Å². The Morgan fingerprint density at radius 1 is 1.67 bits per heavy atom. The molecule has 12 heavy (non-hydrogen) atoms. The molecule has 1 aromatic rings. The highest BCUT2D eigenvalue weighted by molar-refractivity contribution is 5.79. The minimum Gasteiger partial charge on any atom is -0.350 e. The lowest BCUT2D eigenvalue weighted by molar-refractivity contribution is 0.249. The van der Waals surface area contributed by atoms with Crippen LogP contribution in [-0.4, -0.2) is 17.2 Å². The number of aromatic nitrogens is 1. The molecule has 0 radical (unpaired) electrons. The summed E-state index contributed by atoms with van der Waals surface area (Å²) in [5.41, 5.74) is 7.49. The van der Waals surface area contributed by atoms with Gasteiger partial charge in [-0.1, -0.05) is 6.07 Å². The summed E-state index contributed by atoms with van der Waals surface area (Å²) in [5, 5.41) is 3.53. The highest BCUT2D eigenvalue weighted by Gasteiger charge is 1.86. The number of nitrogens with one attached hydrogen (secondary N) is 1. The number of carbonyl (C=O) groups is 1. The molecule has 0 bridgehead atoms. The van der Waals surface area contributed by atoms with E-state index in [2.05, 4.69) is 15.5 Å². The van der Waals surface area contributed by atoms with Crippen molar-refractivity contribution in [3.63, 3.8) is 0 Å². The first-order chi connectivity index (χ1) is 5.79. The van der Waals surface area contributed by atoms with E-state index in [4.69, 9.17) is 5.73 Å². The zero-order valence-electron chi connectivity index (χ0n) is 6.27. The van der Waals surface area contributed by atoms with E-state index in [9.17, 15) is 4.79 Å². The van der Waals surface area contributed by atoms with Crippen LogP contribution in [0.25, 0.3) is 0 Å². The maximum absolute atomic E-state index is 10.2. The standard InChI is InChI=1S/C7H8N4O/c8-7(12)11-10-5-6-3-1-2-4-9-6/h1-5H,(H3,8,11,12)/b10-5+. The maximum Gasteiger partial charge on any atom is 0.332 e. The fourth-order valence-electron chi connectivity index (χ4n) is 0.614. The summed E-state index contributed by atoms with van der Waals surface area (Å²) in [7, 11) is 0. The highest BCUT2D eigenvalue weighted by Crippen LogP contribution is 1.86. The van der Waals surface area contributed by atoms with Crippen LogP contribution < -0.4 is 11.2 Å². The van der Waals surface area contributed by atoms with Crippen molar-refractivity contribution < 1.29 is 4.79 Å². The molecule has 1 heterocycles. The fourth-order valence-corrected chi connectivity index (χ4v) is 0.614. The molecule has 0 aliphatic heterocycles. The van der Waals surface area contributed by atoms with E-state index in [1.165, 1.54) is 6.21 Å². The number of nitrogens with two attached hydrogens (primary N) is 1. The molecule has 0 aromatic carbocycles. The van der Waals surface area contributed by atoms with Gasteiger partial charge in [-0.3, -0.25) is 4.98 Å². The molecule has 1 aromatic heterocycles. The van der Waals surface area contributed by atoms with Crippen LogP contribution >= 0.6 is 0 Å². The first-order valence-corrected chi connectivity index (χ1v) is 3.28. The van der Waals surface area contributed by atoms with Gasteiger partial charge < -0.3 is 5.73 Å². The Morgan fingerprint density at radius 2 is 2.50 bits per heavy atom. The van der Waals surface area contributed by atoms with Crippen LogP contribution in [0.2, 0.25) is 0 Å². The third-order valence-electron chi connectivity index (χ3n) is 1.06. The van der Waals surface area contributed by atoms with Gasteiger partial charge in [-0.05, 0) is 12.1 Å². The number of pyridine rings is 1. The van der Waals surface area contributed by atoms with Gasteiger partial charge in [-0.25, -0.2) is 10.2 Å². The van der Waals surface area contributed by atoms with Crippen molar-refractivity contribution in [2.75, 3.05) is 0 Å². The van der Waals surface area contributed by atoms with Crippen molar-refractivity contribution >= 4 is 12.2 Å². The number of hydrogen-bond donors (Lipinski definition) is 2. The Labute approximate surface area is 69.3 Å². The van der Waals surface area contributed by atoms with Crippen LogP contribution in [0.15, 0.2) is 29.5 Å². The Balaban J connectivity index is 2.52. The lowest BCUT2D eigenvalue weighted by atomic mass is 10.4. The van der Waals surface area contributed by atoms with Gasteiger partial charge in [0.15, 0.2) is 0 Å². The molecular weight excluding hydrogens is 156 g/mol. The molecule has 2 amide bonds. The summed E-state index contributed by atoms with van der Waals surface area (Å²) >= 11 is 0. The van der Waals surface area contributed by atoms with Gasteiger partial charge in [-0.2, -0.15) is 5.10 Å². The van der Waals surface area contributed by atoms with Crippen molar-refractivity contribution in [3.05, 3.63) is 30.1 Å². The normalized spacial score (nSPS) is 10.0. The summed E-state index contributed by atoms with van der Waals surface area (Å²) < 4.78 is 0. The Bertz CT molecular complexity index is 283. The van der Waals surface area contributed by atoms with Gasteiger partial charge in [-0.15, -0.1) is 0 Å². The molecule has 0 saturated heterocycles. The minimum atomic E-state index is -0.692. The van der Waals surface area contributed by atoms with Gasteiger partial charge in [0.2, 0.25) is 0 Å². The fraction of sp³-hybridized carbons (Fsp3) is 0. The highest BCUT2D eigenvalue weighted by atomic mass is 16.2. The van der Waals surface area contributed by atoms with Gasteiger partial charge in [0, 0.05) is 6.20 Å². The topological polar surface area (TPSA) is 80.4 Å². The number of rotatable bonds is 2. The number of carbonyl (C=O) groups excluding carboxylic acids is 1. The smallest absolute Gasteiger partial charge is 0.332 e. The maximum atomic E-state index is 10.2. The van der Waals surface area contributed by atoms with Crippen LogP contribution in [0.5, 0.6) is 0 Å². The lowest BCUT2D eigenvalue weighted by Crippen LogP contribution is -2.24. The van der Waals surface area contributed by atoms with Crippen LogP contribution in [0.1, 0.15) is 5.69 Å². The molecule has 0 aliphatic carbocycles. The molecule has 0 spiro atoms. The monoisotopic (exact) mass is 164 g/mol. The molecular formula is C7H8N4O. The van der Waals surface area contributed by atoms with Crippen LogP contribution in [0, 0.1) is 0 Å². The summed E-state index contributed by atoms with van der Waals surface area (Å²) in [4.78, 5) is 14.1. The number of urea groups is 1. The largest absolute Gasteiger partial charge is 0.350 e. The summed E-state index contributed by atoms with van der Waals surface area (Å²) in [6.45, 7) is 0. The molecule has 0 saturated carbocycles. The first-order valence-electron chi connectivity index (χ1n) is 3.28. The second-order valence-electron chi connectivity index (χ2n) is 1.99. The van der Waals surface area contributed by atoms with Crippen molar-refractivity contribution in [2.24, 2.45) is 10.8 Å². The lowest BCUT2D eigenvalue weighted by Gasteiger charge is -1.90. The van der Waals surface area contributed by atoms with Gasteiger partial charge >= 0.3 is 6.03 Å². The van der Waals surface area contributed by atoms with Crippen LogP contribution in [-0.2, 0) is 0 Å². The zero-order chi connectivity index (χ0) is 8.81. The summed E-state index contributed by atoms with van der Waals surface area (Å²) in [6.07, 6.45) is 3.04. The third-order valence-corrected chi connectivity index (χ3v) is 1.06. The second kappa shape index (κ2) is 4.07. The van der Waals surface area contributed by atoms with Crippen molar-refractivity contribution in [2.45, 2.75) is 0 Å². The van der Waals surface area contributed by atoms with E-state index >= 15 is 0 Å². The van der Waals surface area contributed by atoms with E-state index in [0.29, 0.717) is 5.69 Å². The van der Waals surface area contributed by atoms with Crippen molar-refractivity contribution in [1.29, 1.82) is 0 Å². The van der Waals surface area contributed by atoms with E-state index in [-0.39, 0.29) is 0 Å². The predicted octanol–water partition coefficient (Wildman–Crippen LogP) is 0.0838. The molecule has 5 nitrogen and oxygen atoms in total. The van der Waals surface area contributed by atoms with E-state index < -0.39 is 6.03 Å². The summed E-state index contributed by atoms with van der Waals surface area (Å²) in [6, 6.07) is 4.67. The third kappa shape index (κ3) is 2.78. The molecule has 0 fully saturated rings. The Kier molecular flexibility index (Phi) is 2.78. The van der Waals surface area contributed by atoms with Gasteiger partial charge in [0.05, 0.1) is 11.9 Å². The summed E-state index contributed by atoms with van der Waals surface area (Å²) in [5.74, 6) is 0. The van der Waals surface area contributed by atoms with E-state index in [1.807, 2.05) is 6.07 Å².